The zero-order chi connectivity index (χ0) is 13.5. The van der Waals surface area contributed by atoms with Gasteiger partial charge in [0.05, 0.1) is 19.8 Å². The zero-order valence-corrected chi connectivity index (χ0v) is 10.9. The summed E-state index contributed by atoms with van der Waals surface area (Å²) in [5, 5.41) is 8.97. The number of ether oxygens (including phenoxy) is 2. The first-order valence-corrected chi connectivity index (χ1v) is 5.72. The number of carbonyl (C=O) groups is 1. The lowest BCUT2D eigenvalue weighted by Gasteiger charge is -2.23. The molecule has 1 amide bonds. The molecular formula is C13H19NO4. The van der Waals surface area contributed by atoms with E-state index in [1.54, 1.807) is 33.2 Å². The topological polar surface area (TPSA) is 59.0 Å². The summed E-state index contributed by atoms with van der Waals surface area (Å²) in [6.45, 7) is 1.61. The van der Waals surface area contributed by atoms with Crippen molar-refractivity contribution in [2.24, 2.45) is 0 Å². The minimum absolute atomic E-state index is 0.0725. The van der Waals surface area contributed by atoms with E-state index in [1.807, 2.05) is 12.1 Å². The third-order valence-corrected chi connectivity index (χ3v) is 2.74. The Bertz CT molecular complexity index is 394. The molecule has 0 fully saturated rings. The molecule has 1 atom stereocenters. The molecule has 0 spiro atoms. The monoisotopic (exact) mass is 253 g/mol. The number of methoxy groups -OCH3 is 1. The number of hydrogen-bond acceptors (Lipinski definition) is 4. The summed E-state index contributed by atoms with van der Waals surface area (Å²) in [4.78, 5) is 13.2. The van der Waals surface area contributed by atoms with Crippen LogP contribution in [0.1, 0.15) is 6.92 Å². The Kier molecular flexibility index (Phi) is 5.45. The van der Waals surface area contributed by atoms with E-state index in [2.05, 4.69) is 0 Å². The Morgan fingerprint density at radius 3 is 2.56 bits per heavy atom. The largest absolute Gasteiger partial charge is 0.493 e. The van der Waals surface area contributed by atoms with Gasteiger partial charge in [0.2, 0.25) is 0 Å². The predicted octanol–water partition coefficient (Wildman–Crippen LogP) is 0.913. The number of nitrogens with zero attached hydrogens (tertiary/aromatic N) is 1. The maximum Gasteiger partial charge on any atom is 0.260 e. The van der Waals surface area contributed by atoms with Crippen molar-refractivity contribution in [3.63, 3.8) is 0 Å². The lowest BCUT2D eigenvalue weighted by molar-refractivity contribution is -0.134. The maximum atomic E-state index is 11.8. The Hall–Kier alpha value is -1.75. The van der Waals surface area contributed by atoms with Crippen LogP contribution in [0, 0.1) is 0 Å². The lowest BCUT2D eigenvalue weighted by Crippen LogP contribution is -2.40. The summed E-state index contributed by atoms with van der Waals surface area (Å²) in [5.41, 5.74) is 0. The molecule has 1 aromatic rings. The summed E-state index contributed by atoms with van der Waals surface area (Å²) in [5.74, 6) is 0.920. The quantitative estimate of drug-likeness (QED) is 0.818. The van der Waals surface area contributed by atoms with E-state index in [0.29, 0.717) is 11.5 Å². The van der Waals surface area contributed by atoms with Crippen molar-refractivity contribution >= 4 is 5.91 Å². The molecule has 0 heterocycles. The zero-order valence-electron chi connectivity index (χ0n) is 10.9. The average molecular weight is 253 g/mol. The van der Waals surface area contributed by atoms with E-state index in [1.165, 1.54) is 4.90 Å². The molecule has 1 rings (SSSR count). The molecule has 1 aromatic carbocycles. The van der Waals surface area contributed by atoms with Gasteiger partial charge in [-0.2, -0.15) is 0 Å². The predicted molar refractivity (Wildman–Crippen MR) is 67.8 cm³/mol. The van der Waals surface area contributed by atoms with Crippen molar-refractivity contribution in [2.45, 2.75) is 13.0 Å². The number of aliphatic hydroxyl groups excluding tert-OH is 1. The second kappa shape index (κ2) is 6.86. The molecule has 5 heteroatoms. The van der Waals surface area contributed by atoms with Crippen LogP contribution < -0.4 is 9.47 Å². The lowest BCUT2D eigenvalue weighted by atomic mass is 10.3. The van der Waals surface area contributed by atoms with Gasteiger partial charge in [0, 0.05) is 7.05 Å². The van der Waals surface area contributed by atoms with Crippen LogP contribution in [0.2, 0.25) is 0 Å². The molecule has 18 heavy (non-hydrogen) atoms. The van der Waals surface area contributed by atoms with E-state index >= 15 is 0 Å². The highest BCUT2D eigenvalue weighted by atomic mass is 16.5. The van der Waals surface area contributed by atoms with Gasteiger partial charge in [0.1, 0.15) is 0 Å². The fourth-order valence-electron chi connectivity index (χ4n) is 1.35. The van der Waals surface area contributed by atoms with Crippen LogP contribution in [0.25, 0.3) is 0 Å². The van der Waals surface area contributed by atoms with Crippen LogP contribution in [0.3, 0.4) is 0 Å². The number of aliphatic hydroxyl groups is 1. The number of benzene rings is 1. The van der Waals surface area contributed by atoms with Gasteiger partial charge in [-0.05, 0) is 19.1 Å². The summed E-state index contributed by atoms with van der Waals surface area (Å²) in [7, 11) is 3.18. The van der Waals surface area contributed by atoms with Crippen molar-refractivity contribution in [1.29, 1.82) is 0 Å². The van der Waals surface area contributed by atoms with Gasteiger partial charge in [-0.25, -0.2) is 0 Å². The molecule has 0 aromatic heterocycles. The third kappa shape index (κ3) is 3.63. The van der Waals surface area contributed by atoms with E-state index < -0.39 is 0 Å². The van der Waals surface area contributed by atoms with Crippen molar-refractivity contribution in [2.75, 3.05) is 27.4 Å². The van der Waals surface area contributed by atoms with Gasteiger partial charge < -0.3 is 19.5 Å². The van der Waals surface area contributed by atoms with Gasteiger partial charge >= 0.3 is 0 Å². The molecule has 0 aliphatic carbocycles. The number of likely N-dealkylation sites (N-methyl/N-ethyl adjacent to an activating group) is 1. The van der Waals surface area contributed by atoms with Crippen molar-refractivity contribution in [1.82, 2.24) is 4.90 Å². The summed E-state index contributed by atoms with van der Waals surface area (Å²) >= 11 is 0. The molecular weight excluding hydrogens is 234 g/mol. The first-order valence-electron chi connectivity index (χ1n) is 5.72. The third-order valence-electron chi connectivity index (χ3n) is 2.74. The molecule has 1 N–H and O–H groups in total. The second-order valence-corrected chi connectivity index (χ2v) is 3.98. The smallest absolute Gasteiger partial charge is 0.260 e. The Labute approximate surface area is 107 Å². The normalized spacial score (nSPS) is 11.8. The second-order valence-electron chi connectivity index (χ2n) is 3.98. The first kappa shape index (κ1) is 14.3. The van der Waals surface area contributed by atoms with Crippen LogP contribution in [0.15, 0.2) is 24.3 Å². The van der Waals surface area contributed by atoms with Crippen molar-refractivity contribution in [3.05, 3.63) is 24.3 Å². The number of amides is 1. The minimum atomic E-state index is -0.223. The number of carbonyl (C=O) groups excluding carboxylic acids is 1. The molecule has 0 aliphatic rings. The van der Waals surface area contributed by atoms with E-state index in [0.717, 1.165) is 0 Å². The van der Waals surface area contributed by atoms with E-state index in [9.17, 15) is 4.79 Å². The molecule has 0 saturated heterocycles. The molecule has 0 radical (unpaired) electrons. The summed E-state index contributed by atoms with van der Waals surface area (Å²) in [6, 6.07) is 6.91. The molecule has 1 unspecified atom stereocenters. The van der Waals surface area contributed by atoms with Crippen LogP contribution in [0.4, 0.5) is 0 Å². The summed E-state index contributed by atoms with van der Waals surface area (Å²) < 4.78 is 10.5. The van der Waals surface area contributed by atoms with Crippen LogP contribution in [-0.4, -0.2) is 49.3 Å². The van der Waals surface area contributed by atoms with Crippen molar-refractivity contribution in [3.8, 4) is 11.5 Å². The highest BCUT2D eigenvalue weighted by Crippen LogP contribution is 2.25. The SMILES string of the molecule is COc1ccccc1OCC(=O)N(C)C(C)CO. The van der Waals surface area contributed by atoms with E-state index in [-0.39, 0.29) is 25.2 Å². The Balaban J connectivity index is 2.57. The Morgan fingerprint density at radius 2 is 2.00 bits per heavy atom. The molecule has 0 aliphatic heterocycles. The van der Waals surface area contributed by atoms with Gasteiger partial charge in [-0.1, -0.05) is 12.1 Å². The Morgan fingerprint density at radius 1 is 1.39 bits per heavy atom. The first-order chi connectivity index (χ1) is 8.60. The van der Waals surface area contributed by atoms with Crippen LogP contribution >= 0.6 is 0 Å². The molecule has 0 bridgehead atoms. The fraction of sp³-hybridized carbons (Fsp3) is 0.462. The highest BCUT2D eigenvalue weighted by molar-refractivity contribution is 5.77. The number of hydrogen-bond donors (Lipinski definition) is 1. The van der Waals surface area contributed by atoms with Gasteiger partial charge in [-0.3, -0.25) is 4.79 Å². The molecule has 5 nitrogen and oxygen atoms in total. The standard InChI is InChI=1S/C13H19NO4/c1-10(8-15)14(2)13(16)9-18-12-7-5-4-6-11(12)17-3/h4-7,10,15H,8-9H2,1-3H3. The highest BCUT2D eigenvalue weighted by Gasteiger charge is 2.15. The van der Waals surface area contributed by atoms with Crippen LogP contribution in [-0.2, 0) is 4.79 Å². The average Bonchev–Trinajstić information content (AvgIpc) is 2.43. The maximum absolute atomic E-state index is 11.8. The number of rotatable bonds is 6. The number of para-hydroxylation sites is 2. The van der Waals surface area contributed by atoms with Crippen molar-refractivity contribution < 1.29 is 19.4 Å². The van der Waals surface area contributed by atoms with Gasteiger partial charge in [-0.15, -0.1) is 0 Å². The van der Waals surface area contributed by atoms with Gasteiger partial charge in [0.25, 0.3) is 5.91 Å². The summed E-state index contributed by atoms with van der Waals surface area (Å²) in [6.07, 6.45) is 0. The minimum Gasteiger partial charge on any atom is -0.493 e. The molecule has 0 saturated carbocycles. The van der Waals surface area contributed by atoms with Crippen LogP contribution in [0.5, 0.6) is 11.5 Å². The fourth-order valence-corrected chi connectivity index (χ4v) is 1.35. The van der Waals surface area contributed by atoms with E-state index in [4.69, 9.17) is 14.6 Å². The van der Waals surface area contributed by atoms with Gasteiger partial charge in [0.15, 0.2) is 18.1 Å². The molecule has 100 valence electrons.